The summed E-state index contributed by atoms with van der Waals surface area (Å²) in [4.78, 5) is 9.59. The van der Waals surface area contributed by atoms with Crippen LogP contribution in [0.1, 0.15) is 45.4 Å². The molecule has 0 N–H and O–H groups in total. The molecule has 13 heavy (non-hydrogen) atoms. The van der Waals surface area contributed by atoms with Crippen molar-refractivity contribution < 1.29 is 9.53 Å². The third kappa shape index (κ3) is 3.79. The molecule has 0 aromatic rings. The summed E-state index contributed by atoms with van der Waals surface area (Å²) in [6, 6.07) is 0. The first-order chi connectivity index (χ1) is 6.22. The van der Waals surface area contributed by atoms with Crippen molar-refractivity contribution in [3.63, 3.8) is 0 Å². The zero-order valence-electron chi connectivity index (χ0n) is 8.71. The van der Waals surface area contributed by atoms with Crippen LogP contribution in [0.4, 0.5) is 0 Å². The van der Waals surface area contributed by atoms with E-state index in [0.29, 0.717) is 0 Å². The lowest BCUT2D eigenvalue weighted by Gasteiger charge is -2.35. The van der Waals surface area contributed by atoms with E-state index in [4.69, 9.17) is 0 Å². The number of esters is 1. The number of hydrogen-bond acceptors (Lipinski definition) is 2. The molecular weight excluding hydrogens is 164 g/mol. The highest BCUT2D eigenvalue weighted by atomic mass is 16.5. The third-order valence-electron chi connectivity index (χ3n) is 3.24. The van der Waals surface area contributed by atoms with Gasteiger partial charge < -0.3 is 4.74 Å². The van der Waals surface area contributed by atoms with Crippen molar-refractivity contribution in [3.8, 4) is 0 Å². The lowest BCUT2D eigenvalue weighted by Crippen LogP contribution is -2.21. The summed E-state index contributed by atoms with van der Waals surface area (Å²) in [6.07, 6.45) is 9.36. The number of carbonyl (C=O) groups is 1. The molecule has 2 heteroatoms. The smallest absolute Gasteiger partial charge is 0.302 e. The number of fused-ring (bicyclic) bond motifs is 3. The number of methoxy groups -OCH3 is 1. The predicted octanol–water partition coefficient (Wildman–Crippen LogP) is 2.77. The molecule has 2 bridgehead atoms. The lowest BCUT2D eigenvalue weighted by atomic mass is 9.71. The maximum Gasteiger partial charge on any atom is 0.302 e. The van der Waals surface area contributed by atoms with Crippen LogP contribution < -0.4 is 0 Å². The van der Waals surface area contributed by atoms with Gasteiger partial charge in [-0.15, -0.1) is 0 Å². The van der Waals surface area contributed by atoms with Crippen LogP contribution >= 0.6 is 0 Å². The van der Waals surface area contributed by atoms with Crippen LogP contribution in [-0.4, -0.2) is 13.1 Å². The van der Waals surface area contributed by atoms with Gasteiger partial charge in [-0.25, -0.2) is 0 Å². The van der Waals surface area contributed by atoms with Gasteiger partial charge in [0.2, 0.25) is 0 Å². The number of ether oxygens (including phenoxy) is 1. The van der Waals surface area contributed by atoms with Gasteiger partial charge in [-0.3, -0.25) is 4.79 Å². The van der Waals surface area contributed by atoms with Crippen molar-refractivity contribution in [2.45, 2.75) is 45.4 Å². The molecule has 0 atom stereocenters. The third-order valence-corrected chi connectivity index (χ3v) is 3.24. The molecule has 3 rings (SSSR count). The molecule has 3 aliphatic rings. The van der Waals surface area contributed by atoms with Gasteiger partial charge in [0.15, 0.2) is 0 Å². The van der Waals surface area contributed by atoms with Gasteiger partial charge in [0.1, 0.15) is 0 Å². The molecule has 0 amide bonds. The maximum atomic E-state index is 9.59. The van der Waals surface area contributed by atoms with Crippen molar-refractivity contribution >= 4 is 5.97 Å². The fourth-order valence-electron chi connectivity index (χ4n) is 2.28. The van der Waals surface area contributed by atoms with E-state index in [1.807, 2.05) is 0 Å². The Labute approximate surface area is 80.7 Å². The second kappa shape index (κ2) is 5.25. The monoisotopic (exact) mass is 184 g/mol. The first kappa shape index (κ1) is 10.6. The summed E-state index contributed by atoms with van der Waals surface area (Å²) in [5.41, 5.74) is 0. The fraction of sp³-hybridized carbons (Fsp3) is 0.909. The van der Waals surface area contributed by atoms with E-state index >= 15 is 0 Å². The van der Waals surface area contributed by atoms with E-state index < -0.39 is 0 Å². The van der Waals surface area contributed by atoms with Crippen LogP contribution in [0.15, 0.2) is 0 Å². The minimum Gasteiger partial charge on any atom is -0.469 e. The largest absolute Gasteiger partial charge is 0.469 e. The Balaban J connectivity index is 0.000000149. The van der Waals surface area contributed by atoms with E-state index in [2.05, 4.69) is 4.74 Å². The van der Waals surface area contributed by atoms with Gasteiger partial charge in [0.05, 0.1) is 7.11 Å². The Morgan fingerprint density at radius 1 is 1.00 bits per heavy atom. The molecule has 0 radical (unpaired) electrons. The van der Waals surface area contributed by atoms with Crippen molar-refractivity contribution in [1.29, 1.82) is 0 Å². The summed E-state index contributed by atoms with van der Waals surface area (Å²) in [5, 5.41) is 0. The van der Waals surface area contributed by atoms with Gasteiger partial charge in [0, 0.05) is 6.92 Å². The first-order valence-electron chi connectivity index (χ1n) is 5.27. The normalized spacial score (nSPS) is 30.3. The average molecular weight is 184 g/mol. The number of hydrogen-bond donors (Lipinski definition) is 0. The van der Waals surface area contributed by atoms with Crippen LogP contribution in [0.2, 0.25) is 0 Å². The molecule has 0 heterocycles. The van der Waals surface area contributed by atoms with Crippen molar-refractivity contribution in [1.82, 2.24) is 0 Å². The molecule has 0 unspecified atom stereocenters. The minimum absolute atomic E-state index is 0.245. The van der Waals surface area contributed by atoms with Crippen LogP contribution in [0.5, 0.6) is 0 Å². The predicted molar refractivity (Wildman–Crippen MR) is 52.4 cm³/mol. The Morgan fingerprint density at radius 2 is 1.23 bits per heavy atom. The van der Waals surface area contributed by atoms with Gasteiger partial charge in [-0.2, -0.15) is 0 Å². The molecule has 0 spiro atoms. The van der Waals surface area contributed by atoms with E-state index in [9.17, 15) is 4.79 Å². The second-order valence-electron chi connectivity index (χ2n) is 4.16. The second-order valence-corrected chi connectivity index (χ2v) is 4.16. The summed E-state index contributed by atoms with van der Waals surface area (Å²) < 4.78 is 4.11. The highest BCUT2D eigenvalue weighted by molar-refractivity contribution is 5.65. The van der Waals surface area contributed by atoms with Gasteiger partial charge in [0.25, 0.3) is 0 Å². The quantitative estimate of drug-likeness (QED) is 0.541. The Bertz CT molecular complexity index is 134. The van der Waals surface area contributed by atoms with Crippen LogP contribution in [-0.2, 0) is 9.53 Å². The molecule has 0 aliphatic heterocycles. The summed E-state index contributed by atoms with van der Waals surface area (Å²) >= 11 is 0. The Morgan fingerprint density at radius 3 is 1.31 bits per heavy atom. The lowest BCUT2D eigenvalue weighted by molar-refractivity contribution is -0.137. The van der Waals surface area contributed by atoms with E-state index in [-0.39, 0.29) is 5.97 Å². The van der Waals surface area contributed by atoms with Crippen molar-refractivity contribution in [3.05, 3.63) is 0 Å². The van der Waals surface area contributed by atoms with Crippen LogP contribution in [0.3, 0.4) is 0 Å². The Hall–Kier alpha value is -0.530. The van der Waals surface area contributed by atoms with Crippen LogP contribution in [0.25, 0.3) is 0 Å². The topological polar surface area (TPSA) is 26.3 Å². The Kier molecular flexibility index (Phi) is 4.26. The van der Waals surface area contributed by atoms with Crippen molar-refractivity contribution in [2.24, 2.45) is 11.8 Å². The highest BCUT2D eigenvalue weighted by Crippen LogP contribution is 2.40. The number of carbonyl (C=O) groups excluding carboxylic acids is 1. The van der Waals surface area contributed by atoms with Gasteiger partial charge >= 0.3 is 5.97 Å². The maximum absolute atomic E-state index is 9.59. The van der Waals surface area contributed by atoms with Crippen LogP contribution in [0, 0.1) is 11.8 Å². The molecule has 3 saturated carbocycles. The first-order valence-corrected chi connectivity index (χ1v) is 5.27. The van der Waals surface area contributed by atoms with Gasteiger partial charge in [-0.05, 0) is 11.8 Å². The average Bonchev–Trinajstić information content (AvgIpc) is 2.21. The van der Waals surface area contributed by atoms with E-state index in [0.717, 1.165) is 11.8 Å². The summed E-state index contributed by atoms with van der Waals surface area (Å²) in [7, 11) is 1.35. The molecular formula is C11H20O2. The highest BCUT2D eigenvalue weighted by Gasteiger charge is 2.26. The molecule has 76 valence electrons. The minimum atomic E-state index is -0.245. The molecule has 3 aliphatic carbocycles. The number of rotatable bonds is 0. The standard InChI is InChI=1S/C8H14.C3H6O2/c1-2-8-5-3-7(1)4-6-8;1-3(4)5-2/h7-8H,1-6H2;1-2H3. The SMILES string of the molecule is C1CC2CCC1CC2.COC(C)=O. The molecule has 0 aromatic carbocycles. The summed E-state index contributed by atoms with van der Waals surface area (Å²) in [5.74, 6) is 2.06. The zero-order valence-corrected chi connectivity index (χ0v) is 8.71. The van der Waals surface area contributed by atoms with Gasteiger partial charge in [-0.1, -0.05) is 38.5 Å². The van der Waals surface area contributed by atoms with Crippen molar-refractivity contribution in [2.75, 3.05) is 7.11 Å². The zero-order chi connectivity index (χ0) is 9.68. The molecule has 0 aromatic heterocycles. The molecule has 0 saturated heterocycles. The molecule has 3 fully saturated rings. The summed E-state index contributed by atoms with van der Waals surface area (Å²) in [6.45, 7) is 1.36. The van der Waals surface area contributed by atoms with E-state index in [1.165, 1.54) is 14.0 Å². The fourth-order valence-corrected chi connectivity index (χ4v) is 2.28. The van der Waals surface area contributed by atoms with E-state index in [1.54, 1.807) is 38.5 Å². The molecule has 2 nitrogen and oxygen atoms in total.